The molecule has 90 valence electrons. The Hall–Kier alpha value is -1.68. The molecular weight excluding hydrogens is 216 g/mol. The van der Waals surface area contributed by atoms with Crippen molar-refractivity contribution in [1.29, 1.82) is 0 Å². The Balaban J connectivity index is 2.46. The summed E-state index contributed by atoms with van der Waals surface area (Å²) in [4.78, 5) is 16.4. The van der Waals surface area contributed by atoms with Crippen LogP contribution >= 0.6 is 0 Å². The van der Waals surface area contributed by atoms with Gasteiger partial charge in [-0.15, -0.1) is 0 Å². The van der Waals surface area contributed by atoms with Crippen molar-refractivity contribution in [2.24, 2.45) is 11.1 Å². The Morgan fingerprint density at radius 2 is 2.18 bits per heavy atom. The minimum absolute atomic E-state index is 0.0240. The normalized spacial score (nSPS) is 12.0. The Kier molecular flexibility index (Phi) is 2.75. The molecule has 0 amide bonds. The summed E-state index contributed by atoms with van der Waals surface area (Å²) in [6, 6.07) is 5.30. The summed E-state index contributed by atoms with van der Waals surface area (Å²) in [5.74, 6) is 0.624. The molecule has 0 saturated heterocycles. The van der Waals surface area contributed by atoms with Crippen LogP contribution < -0.4 is 5.73 Å². The lowest BCUT2D eigenvalue weighted by Crippen LogP contribution is -2.32. The second-order valence-electron chi connectivity index (χ2n) is 4.83. The summed E-state index contributed by atoms with van der Waals surface area (Å²) in [5, 5.41) is 0. The first kappa shape index (κ1) is 11.8. The van der Waals surface area contributed by atoms with Crippen LogP contribution in [0.2, 0.25) is 0 Å². The molecule has 0 unspecified atom stereocenters. The van der Waals surface area contributed by atoms with E-state index in [2.05, 4.69) is 4.98 Å². The molecule has 0 fully saturated rings. The van der Waals surface area contributed by atoms with E-state index in [0.29, 0.717) is 23.6 Å². The molecule has 0 aliphatic carbocycles. The third-order valence-corrected chi connectivity index (χ3v) is 2.88. The number of benzene rings is 1. The van der Waals surface area contributed by atoms with E-state index in [4.69, 9.17) is 10.2 Å². The SMILES string of the molecule is Cc1nc2ccc(C(=O)C(C)(C)CN)cc2o1. The zero-order chi connectivity index (χ0) is 12.6. The van der Waals surface area contributed by atoms with Gasteiger partial charge in [-0.3, -0.25) is 4.79 Å². The van der Waals surface area contributed by atoms with Gasteiger partial charge in [0, 0.05) is 24.4 Å². The first-order chi connectivity index (χ1) is 7.94. The first-order valence-corrected chi connectivity index (χ1v) is 5.56. The number of nitrogens with two attached hydrogens (primary N) is 1. The predicted molar refractivity (Wildman–Crippen MR) is 65.9 cm³/mol. The lowest BCUT2D eigenvalue weighted by Gasteiger charge is -2.20. The van der Waals surface area contributed by atoms with E-state index in [1.807, 2.05) is 13.8 Å². The monoisotopic (exact) mass is 232 g/mol. The third kappa shape index (κ3) is 2.08. The van der Waals surface area contributed by atoms with Gasteiger partial charge in [0.1, 0.15) is 5.52 Å². The molecule has 0 atom stereocenters. The van der Waals surface area contributed by atoms with Crippen molar-refractivity contribution < 1.29 is 9.21 Å². The number of nitrogens with zero attached hydrogens (tertiary/aromatic N) is 1. The highest BCUT2D eigenvalue weighted by atomic mass is 16.3. The number of aryl methyl sites for hydroxylation is 1. The van der Waals surface area contributed by atoms with Gasteiger partial charge in [-0.25, -0.2) is 4.98 Å². The minimum atomic E-state index is -0.553. The maximum atomic E-state index is 12.2. The van der Waals surface area contributed by atoms with Crippen molar-refractivity contribution in [3.63, 3.8) is 0 Å². The average molecular weight is 232 g/mol. The average Bonchev–Trinajstić information content (AvgIpc) is 2.66. The molecule has 2 N–H and O–H groups in total. The number of carbonyl (C=O) groups is 1. The smallest absolute Gasteiger partial charge is 0.192 e. The van der Waals surface area contributed by atoms with Crippen molar-refractivity contribution in [3.05, 3.63) is 29.7 Å². The van der Waals surface area contributed by atoms with Crippen LogP contribution in [0.1, 0.15) is 30.1 Å². The van der Waals surface area contributed by atoms with Crippen molar-refractivity contribution >= 4 is 16.9 Å². The number of aromatic nitrogens is 1. The zero-order valence-corrected chi connectivity index (χ0v) is 10.3. The molecule has 1 aromatic carbocycles. The fourth-order valence-corrected chi connectivity index (χ4v) is 1.66. The number of hydrogen-bond acceptors (Lipinski definition) is 4. The highest BCUT2D eigenvalue weighted by molar-refractivity contribution is 6.02. The van der Waals surface area contributed by atoms with Crippen LogP contribution in [0.4, 0.5) is 0 Å². The topological polar surface area (TPSA) is 69.1 Å². The number of hydrogen-bond donors (Lipinski definition) is 1. The molecule has 0 bridgehead atoms. The van der Waals surface area contributed by atoms with Gasteiger partial charge in [-0.2, -0.15) is 0 Å². The summed E-state index contributed by atoms with van der Waals surface area (Å²) in [5.41, 5.74) is 7.07. The van der Waals surface area contributed by atoms with Gasteiger partial charge < -0.3 is 10.2 Å². The van der Waals surface area contributed by atoms with Gasteiger partial charge in [0.15, 0.2) is 17.3 Å². The lowest BCUT2D eigenvalue weighted by molar-refractivity contribution is 0.0847. The number of carbonyl (C=O) groups excluding carboxylic acids is 1. The highest BCUT2D eigenvalue weighted by Gasteiger charge is 2.27. The molecule has 0 aliphatic rings. The van der Waals surface area contributed by atoms with Crippen molar-refractivity contribution in [1.82, 2.24) is 4.98 Å². The number of Topliss-reactive ketones (excluding diaryl/α,β-unsaturated/α-hetero) is 1. The quantitative estimate of drug-likeness (QED) is 0.824. The van der Waals surface area contributed by atoms with Gasteiger partial charge in [-0.1, -0.05) is 13.8 Å². The second-order valence-corrected chi connectivity index (χ2v) is 4.83. The summed E-state index contributed by atoms with van der Waals surface area (Å²) in [6.07, 6.45) is 0. The largest absolute Gasteiger partial charge is 0.441 e. The Labute approximate surface area is 99.8 Å². The molecule has 1 aromatic heterocycles. The van der Waals surface area contributed by atoms with Gasteiger partial charge in [0.05, 0.1) is 0 Å². The van der Waals surface area contributed by atoms with Crippen molar-refractivity contribution in [3.8, 4) is 0 Å². The van der Waals surface area contributed by atoms with Crippen LogP contribution in [0.3, 0.4) is 0 Å². The fourth-order valence-electron chi connectivity index (χ4n) is 1.66. The molecule has 0 radical (unpaired) electrons. The van der Waals surface area contributed by atoms with E-state index in [0.717, 1.165) is 5.52 Å². The zero-order valence-electron chi connectivity index (χ0n) is 10.3. The number of fused-ring (bicyclic) bond motifs is 1. The van der Waals surface area contributed by atoms with E-state index >= 15 is 0 Å². The van der Waals surface area contributed by atoms with E-state index < -0.39 is 5.41 Å². The van der Waals surface area contributed by atoms with Crippen molar-refractivity contribution in [2.75, 3.05) is 6.54 Å². The fraction of sp³-hybridized carbons (Fsp3) is 0.385. The van der Waals surface area contributed by atoms with E-state index in [1.54, 1.807) is 25.1 Å². The third-order valence-electron chi connectivity index (χ3n) is 2.88. The molecule has 4 nitrogen and oxygen atoms in total. The van der Waals surface area contributed by atoms with Gasteiger partial charge >= 0.3 is 0 Å². The summed E-state index contributed by atoms with van der Waals surface area (Å²) in [6.45, 7) is 5.78. The first-order valence-electron chi connectivity index (χ1n) is 5.56. The van der Waals surface area contributed by atoms with Gasteiger partial charge in [0.2, 0.25) is 0 Å². The van der Waals surface area contributed by atoms with Crippen LogP contribution in [0.15, 0.2) is 22.6 Å². The summed E-state index contributed by atoms with van der Waals surface area (Å²) < 4.78 is 5.41. The molecule has 2 rings (SSSR count). The molecule has 1 heterocycles. The standard InChI is InChI=1S/C13H16N2O2/c1-8-15-10-5-4-9(6-11(10)17-8)12(16)13(2,3)7-14/h4-6H,7,14H2,1-3H3. The molecule has 17 heavy (non-hydrogen) atoms. The van der Waals surface area contributed by atoms with E-state index in [-0.39, 0.29) is 5.78 Å². The van der Waals surface area contributed by atoms with Crippen LogP contribution in [0.25, 0.3) is 11.1 Å². The van der Waals surface area contributed by atoms with Crippen LogP contribution in [-0.4, -0.2) is 17.3 Å². The van der Waals surface area contributed by atoms with Crippen molar-refractivity contribution in [2.45, 2.75) is 20.8 Å². The molecule has 0 spiro atoms. The number of ketones is 1. The Morgan fingerprint density at radius 3 is 2.82 bits per heavy atom. The second kappa shape index (κ2) is 3.96. The van der Waals surface area contributed by atoms with Crippen LogP contribution in [0.5, 0.6) is 0 Å². The summed E-state index contributed by atoms with van der Waals surface area (Å²) >= 11 is 0. The van der Waals surface area contributed by atoms with E-state index in [1.165, 1.54) is 0 Å². The van der Waals surface area contributed by atoms with Gasteiger partial charge in [-0.05, 0) is 18.2 Å². The van der Waals surface area contributed by atoms with Crippen LogP contribution in [0, 0.1) is 12.3 Å². The van der Waals surface area contributed by atoms with E-state index in [9.17, 15) is 4.79 Å². The molecule has 0 aliphatic heterocycles. The van der Waals surface area contributed by atoms with Gasteiger partial charge in [0.25, 0.3) is 0 Å². The Bertz CT molecular complexity index is 570. The Morgan fingerprint density at radius 1 is 1.47 bits per heavy atom. The number of rotatable bonds is 3. The predicted octanol–water partition coefficient (Wildman–Crippen LogP) is 2.30. The molecule has 2 aromatic rings. The number of oxazole rings is 1. The highest BCUT2D eigenvalue weighted by Crippen LogP contribution is 2.23. The lowest BCUT2D eigenvalue weighted by atomic mass is 9.84. The maximum absolute atomic E-state index is 12.2. The molecular formula is C13H16N2O2. The minimum Gasteiger partial charge on any atom is -0.441 e. The maximum Gasteiger partial charge on any atom is 0.192 e. The summed E-state index contributed by atoms with van der Waals surface area (Å²) in [7, 11) is 0. The van der Waals surface area contributed by atoms with Crippen LogP contribution in [-0.2, 0) is 0 Å². The molecule has 4 heteroatoms. The molecule has 0 saturated carbocycles.